The molecule has 1 aromatic carbocycles. The molecule has 1 saturated carbocycles. The molecule has 0 spiro atoms. The lowest BCUT2D eigenvalue weighted by Gasteiger charge is -2.21. The molecular formula is C18H28N4O. The summed E-state index contributed by atoms with van der Waals surface area (Å²) in [6.07, 6.45) is 3.85. The van der Waals surface area contributed by atoms with Crippen molar-refractivity contribution in [3.63, 3.8) is 0 Å². The van der Waals surface area contributed by atoms with E-state index in [1.165, 1.54) is 18.4 Å². The van der Waals surface area contributed by atoms with Gasteiger partial charge in [-0.1, -0.05) is 6.07 Å². The van der Waals surface area contributed by atoms with Gasteiger partial charge in [-0.05, 0) is 58.0 Å². The van der Waals surface area contributed by atoms with Gasteiger partial charge in [0.05, 0.1) is 0 Å². The van der Waals surface area contributed by atoms with Crippen LogP contribution in [0.5, 0.6) is 0 Å². The highest BCUT2D eigenvalue weighted by Crippen LogP contribution is 2.34. The second-order valence-electron chi connectivity index (χ2n) is 7.33. The summed E-state index contributed by atoms with van der Waals surface area (Å²) in [4.78, 5) is 16.3. The summed E-state index contributed by atoms with van der Waals surface area (Å²) < 4.78 is 0. The number of carbonyl (C=O) groups is 1. The Morgan fingerprint density at radius 3 is 2.74 bits per heavy atom. The summed E-state index contributed by atoms with van der Waals surface area (Å²) in [5.74, 6) is -0.371. The van der Waals surface area contributed by atoms with Crippen LogP contribution in [0.2, 0.25) is 0 Å². The lowest BCUT2D eigenvalue weighted by Crippen LogP contribution is -2.31. The van der Waals surface area contributed by atoms with Crippen LogP contribution < -0.4 is 11.1 Å². The van der Waals surface area contributed by atoms with Crippen molar-refractivity contribution < 1.29 is 4.79 Å². The zero-order valence-corrected chi connectivity index (χ0v) is 14.4. The van der Waals surface area contributed by atoms with Crippen molar-refractivity contribution in [2.75, 3.05) is 26.0 Å². The average Bonchev–Trinajstić information content (AvgIpc) is 3.24. The highest BCUT2D eigenvalue weighted by Gasteiger charge is 2.38. The summed E-state index contributed by atoms with van der Waals surface area (Å²) in [7, 11) is 4.11. The molecule has 1 heterocycles. The summed E-state index contributed by atoms with van der Waals surface area (Å²) in [5, 5.41) is 3.68. The molecule has 1 aliphatic heterocycles. The molecule has 1 saturated heterocycles. The quantitative estimate of drug-likeness (QED) is 0.841. The summed E-state index contributed by atoms with van der Waals surface area (Å²) >= 11 is 0. The van der Waals surface area contributed by atoms with Crippen LogP contribution in [-0.4, -0.2) is 54.5 Å². The van der Waals surface area contributed by atoms with E-state index in [2.05, 4.69) is 36.1 Å². The van der Waals surface area contributed by atoms with Gasteiger partial charge in [-0.25, -0.2) is 0 Å². The van der Waals surface area contributed by atoms with E-state index in [4.69, 9.17) is 5.73 Å². The molecule has 2 fully saturated rings. The number of likely N-dealkylation sites (tertiary alicyclic amines) is 1. The SMILES string of the molecule is C[C@H]1C[C@H](Nc2cc(C(N)=O)ccc2CN(C)C)CN1C1CC1. The molecule has 2 aliphatic rings. The maximum Gasteiger partial charge on any atom is 0.248 e. The van der Waals surface area contributed by atoms with E-state index in [0.29, 0.717) is 17.6 Å². The maximum atomic E-state index is 11.5. The number of amides is 1. The Balaban J connectivity index is 1.76. The predicted molar refractivity (Wildman–Crippen MR) is 93.6 cm³/mol. The Morgan fingerprint density at radius 1 is 1.39 bits per heavy atom. The Morgan fingerprint density at radius 2 is 2.13 bits per heavy atom. The van der Waals surface area contributed by atoms with Crippen molar-refractivity contribution in [3.05, 3.63) is 29.3 Å². The fourth-order valence-corrected chi connectivity index (χ4v) is 3.64. The monoisotopic (exact) mass is 316 g/mol. The number of benzene rings is 1. The first-order chi connectivity index (χ1) is 10.9. The molecule has 5 nitrogen and oxygen atoms in total. The number of carbonyl (C=O) groups excluding carboxylic acids is 1. The molecule has 0 radical (unpaired) electrons. The van der Waals surface area contributed by atoms with Gasteiger partial charge >= 0.3 is 0 Å². The molecular weight excluding hydrogens is 288 g/mol. The van der Waals surface area contributed by atoms with Crippen molar-refractivity contribution in [3.8, 4) is 0 Å². The van der Waals surface area contributed by atoms with Gasteiger partial charge < -0.3 is 16.0 Å². The Hall–Kier alpha value is -1.59. The normalized spacial score (nSPS) is 25.0. The fraction of sp³-hybridized carbons (Fsp3) is 0.611. The number of nitrogens with zero attached hydrogens (tertiary/aromatic N) is 2. The first-order valence-electron chi connectivity index (χ1n) is 8.53. The highest BCUT2D eigenvalue weighted by molar-refractivity contribution is 5.94. The number of nitrogens with one attached hydrogen (secondary N) is 1. The van der Waals surface area contributed by atoms with Gasteiger partial charge in [0.2, 0.25) is 5.91 Å². The first-order valence-corrected chi connectivity index (χ1v) is 8.53. The molecule has 3 N–H and O–H groups in total. The van der Waals surface area contributed by atoms with Crippen LogP contribution in [0.1, 0.15) is 42.1 Å². The Bertz CT molecular complexity index is 582. The number of nitrogens with two attached hydrogens (primary N) is 1. The lowest BCUT2D eigenvalue weighted by molar-refractivity contribution is 0.100. The third kappa shape index (κ3) is 3.85. The number of anilines is 1. The Labute approximate surface area is 138 Å². The first kappa shape index (κ1) is 16.3. The van der Waals surface area contributed by atoms with Crippen LogP contribution in [0.4, 0.5) is 5.69 Å². The number of hydrogen-bond donors (Lipinski definition) is 2. The lowest BCUT2D eigenvalue weighted by atomic mass is 10.1. The zero-order valence-electron chi connectivity index (χ0n) is 14.4. The van der Waals surface area contributed by atoms with E-state index in [1.54, 1.807) is 0 Å². The molecule has 0 unspecified atom stereocenters. The van der Waals surface area contributed by atoms with Crippen LogP contribution in [-0.2, 0) is 6.54 Å². The molecule has 23 heavy (non-hydrogen) atoms. The highest BCUT2D eigenvalue weighted by atomic mass is 16.1. The largest absolute Gasteiger partial charge is 0.381 e. The molecule has 1 aliphatic carbocycles. The van der Waals surface area contributed by atoms with E-state index in [-0.39, 0.29) is 5.91 Å². The van der Waals surface area contributed by atoms with Crippen LogP contribution >= 0.6 is 0 Å². The van der Waals surface area contributed by atoms with E-state index in [9.17, 15) is 4.79 Å². The maximum absolute atomic E-state index is 11.5. The molecule has 0 bridgehead atoms. The topological polar surface area (TPSA) is 61.6 Å². The fourth-order valence-electron chi connectivity index (χ4n) is 3.64. The van der Waals surface area contributed by atoms with Gasteiger partial charge in [0.15, 0.2) is 0 Å². The molecule has 1 amide bonds. The van der Waals surface area contributed by atoms with Crippen LogP contribution in [0.25, 0.3) is 0 Å². The van der Waals surface area contributed by atoms with E-state index < -0.39 is 0 Å². The molecule has 1 aromatic rings. The zero-order chi connectivity index (χ0) is 16.6. The van der Waals surface area contributed by atoms with Crippen molar-refractivity contribution in [2.45, 2.75) is 50.9 Å². The van der Waals surface area contributed by atoms with Gasteiger partial charge in [-0.15, -0.1) is 0 Å². The third-order valence-corrected chi connectivity index (χ3v) is 4.88. The number of hydrogen-bond acceptors (Lipinski definition) is 4. The Kier molecular flexibility index (Phi) is 4.60. The van der Waals surface area contributed by atoms with Crippen LogP contribution in [0.3, 0.4) is 0 Å². The van der Waals surface area contributed by atoms with Gasteiger partial charge in [-0.3, -0.25) is 9.69 Å². The second kappa shape index (κ2) is 6.49. The number of rotatable bonds is 6. The van der Waals surface area contributed by atoms with Gasteiger partial charge in [0, 0.05) is 42.5 Å². The van der Waals surface area contributed by atoms with Gasteiger partial charge in [0.25, 0.3) is 0 Å². The molecule has 5 heteroatoms. The average molecular weight is 316 g/mol. The van der Waals surface area contributed by atoms with Crippen LogP contribution in [0, 0.1) is 0 Å². The molecule has 0 aromatic heterocycles. The smallest absolute Gasteiger partial charge is 0.248 e. The van der Waals surface area contributed by atoms with Crippen molar-refractivity contribution in [1.82, 2.24) is 9.80 Å². The molecule has 2 atom stereocenters. The summed E-state index contributed by atoms with van der Waals surface area (Å²) in [6.45, 7) is 4.25. The van der Waals surface area contributed by atoms with E-state index >= 15 is 0 Å². The standard InChI is InChI=1S/C18H28N4O/c1-12-8-15(11-22(12)16-6-7-16)20-17-9-13(18(19)23)4-5-14(17)10-21(2)3/h4-5,9,12,15-16,20H,6-8,10-11H2,1-3H3,(H2,19,23)/t12-,15-/m0/s1. The minimum absolute atomic E-state index is 0.371. The predicted octanol–water partition coefficient (Wildman–Crippen LogP) is 1.88. The number of primary amides is 1. The summed E-state index contributed by atoms with van der Waals surface area (Å²) in [5.41, 5.74) is 8.27. The van der Waals surface area contributed by atoms with Gasteiger partial charge in [0.1, 0.15) is 0 Å². The van der Waals surface area contributed by atoms with E-state index in [1.807, 2.05) is 18.2 Å². The third-order valence-electron chi connectivity index (χ3n) is 4.88. The van der Waals surface area contributed by atoms with Crippen molar-refractivity contribution in [2.24, 2.45) is 5.73 Å². The minimum atomic E-state index is -0.371. The second-order valence-corrected chi connectivity index (χ2v) is 7.33. The van der Waals surface area contributed by atoms with E-state index in [0.717, 1.165) is 31.2 Å². The minimum Gasteiger partial charge on any atom is -0.381 e. The van der Waals surface area contributed by atoms with Crippen molar-refractivity contribution in [1.29, 1.82) is 0 Å². The van der Waals surface area contributed by atoms with Crippen LogP contribution in [0.15, 0.2) is 18.2 Å². The molecule has 3 rings (SSSR count). The van der Waals surface area contributed by atoms with Crippen molar-refractivity contribution >= 4 is 11.6 Å². The van der Waals surface area contributed by atoms with Gasteiger partial charge in [-0.2, -0.15) is 0 Å². The summed E-state index contributed by atoms with van der Waals surface area (Å²) in [6, 6.07) is 7.62. The molecule has 126 valence electrons.